The highest BCUT2D eigenvalue weighted by Crippen LogP contribution is 2.21. The molecule has 0 saturated heterocycles. The Morgan fingerprint density at radius 3 is 3.00 bits per heavy atom. The molecule has 0 bridgehead atoms. The molecule has 0 spiro atoms. The topological polar surface area (TPSA) is 89.4 Å². The van der Waals surface area contributed by atoms with Gasteiger partial charge in [0.2, 0.25) is 0 Å². The maximum absolute atomic E-state index is 10.7. The third kappa shape index (κ3) is 1.10. The van der Waals surface area contributed by atoms with E-state index >= 15 is 0 Å². The molecule has 0 unspecified atom stereocenters. The van der Waals surface area contributed by atoms with E-state index in [0.29, 0.717) is 16.7 Å². The Hall–Kier alpha value is -2.04. The largest absolute Gasteiger partial charge is 0.478 e. The van der Waals surface area contributed by atoms with Crippen LogP contribution in [-0.4, -0.2) is 16.2 Å². The van der Waals surface area contributed by atoms with Gasteiger partial charge in [-0.15, -0.1) is 0 Å². The number of rotatable bonds is 1. The molecule has 5 nitrogen and oxygen atoms in total. The number of aromatic carboxylic acids is 1. The summed E-state index contributed by atoms with van der Waals surface area (Å²) < 4.78 is 4.80. The van der Waals surface area contributed by atoms with Gasteiger partial charge in [0, 0.05) is 11.8 Å². The quantitative estimate of drug-likeness (QED) is 0.638. The normalized spacial score (nSPS) is 10.5. The van der Waals surface area contributed by atoms with Crippen LogP contribution in [0, 0.1) is 0 Å². The van der Waals surface area contributed by atoms with Gasteiger partial charge in [-0.1, -0.05) is 5.16 Å². The van der Waals surface area contributed by atoms with E-state index in [-0.39, 0.29) is 5.56 Å². The number of carboxylic acid groups (broad SMARTS) is 1. The number of hydrogen-bond donors (Lipinski definition) is 2. The maximum atomic E-state index is 10.7. The highest BCUT2D eigenvalue weighted by Gasteiger charge is 2.11. The molecule has 2 rings (SSSR count). The van der Waals surface area contributed by atoms with Crippen molar-refractivity contribution in [3.63, 3.8) is 0 Å². The molecule has 0 aliphatic rings. The third-order valence-electron chi connectivity index (χ3n) is 1.73. The zero-order chi connectivity index (χ0) is 9.42. The van der Waals surface area contributed by atoms with Gasteiger partial charge in [0.05, 0.1) is 17.1 Å². The van der Waals surface area contributed by atoms with Gasteiger partial charge in [-0.25, -0.2) is 4.79 Å². The fourth-order valence-electron chi connectivity index (χ4n) is 1.17. The van der Waals surface area contributed by atoms with Crippen molar-refractivity contribution in [3.8, 4) is 0 Å². The van der Waals surface area contributed by atoms with Gasteiger partial charge in [-0.3, -0.25) is 0 Å². The van der Waals surface area contributed by atoms with Gasteiger partial charge in [0.1, 0.15) is 0 Å². The van der Waals surface area contributed by atoms with Crippen LogP contribution in [0.5, 0.6) is 0 Å². The van der Waals surface area contributed by atoms with E-state index in [1.807, 2.05) is 0 Å². The Kier molecular flexibility index (Phi) is 1.45. The van der Waals surface area contributed by atoms with Crippen LogP contribution in [0.25, 0.3) is 11.0 Å². The molecule has 5 heteroatoms. The number of carboxylic acids is 1. The predicted molar refractivity (Wildman–Crippen MR) is 45.4 cm³/mol. The molecule has 66 valence electrons. The second-order valence-electron chi connectivity index (χ2n) is 2.61. The molecule has 1 heterocycles. The Balaban J connectivity index is 2.84. The van der Waals surface area contributed by atoms with Crippen LogP contribution in [0.3, 0.4) is 0 Å². The Labute approximate surface area is 72.7 Å². The van der Waals surface area contributed by atoms with Gasteiger partial charge in [0.15, 0.2) is 5.58 Å². The lowest BCUT2D eigenvalue weighted by atomic mass is 10.1. The Morgan fingerprint density at radius 1 is 1.54 bits per heavy atom. The Bertz CT molecular complexity index is 475. The smallest absolute Gasteiger partial charge is 0.336 e. The van der Waals surface area contributed by atoms with Crippen LogP contribution in [0.4, 0.5) is 5.69 Å². The van der Waals surface area contributed by atoms with Crippen molar-refractivity contribution >= 4 is 22.6 Å². The van der Waals surface area contributed by atoms with E-state index in [9.17, 15) is 4.79 Å². The molecule has 0 aliphatic heterocycles. The third-order valence-corrected chi connectivity index (χ3v) is 1.73. The molecule has 0 saturated carbocycles. The van der Waals surface area contributed by atoms with E-state index in [4.69, 9.17) is 15.4 Å². The van der Waals surface area contributed by atoms with Crippen molar-refractivity contribution in [3.05, 3.63) is 23.9 Å². The van der Waals surface area contributed by atoms with E-state index < -0.39 is 5.97 Å². The molecular weight excluding hydrogens is 172 g/mol. The van der Waals surface area contributed by atoms with E-state index in [1.165, 1.54) is 18.3 Å². The highest BCUT2D eigenvalue weighted by molar-refractivity contribution is 6.03. The van der Waals surface area contributed by atoms with Crippen molar-refractivity contribution < 1.29 is 14.4 Å². The van der Waals surface area contributed by atoms with Crippen LogP contribution in [-0.2, 0) is 0 Å². The molecule has 2 aromatic rings. The number of fused-ring (bicyclic) bond motifs is 1. The van der Waals surface area contributed by atoms with Crippen molar-refractivity contribution in [1.29, 1.82) is 0 Å². The van der Waals surface area contributed by atoms with Crippen LogP contribution in [0.15, 0.2) is 22.9 Å². The number of aromatic nitrogens is 1. The maximum Gasteiger partial charge on any atom is 0.336 e. The summed E-state index contributed by atoms with van der Waals surface area (Å²) in [7, 11) is 0. The second-order valence-corrected chi connectivity index (χ2v) is 2.61. The zero-order valence-corrected chi connectivity index (χ0v) is 6.52. The van der Waals surface area contributed by atoms with E-state index in [1.54, 1.807) is 0 Å². The molecule has 0 amide bonds. The molecule has 1 aromatic carbocycles. The first kappa shape index (κ1) is 7.60. The van der Waals surface area contributed by atoms with Gasteiger partial charge < -0.3 is 15.4 Å². The summed E-state index contributed by atoms with van der Waals surface area (Å²) in [6.45, 7) is 0. The second kappa shape index (κ2) is 2.48. The zero-order valence-electron chi connectivity index (χ0n) is 6.52. The minimum absolute atomic E-state index is 0.108. The minimum atomic E-state index is -1.04. The van der Waals surface area contributed by atoms with E-state index in [2.05, 4.69) is 5.16 Å². The summed E-state index contributed by atoms with van der Waals surface area (Å²) in [5, 5.41) is 12.8. The van der Waals surface area contributed by atoms with E-state index in [0.717, 1.165) is 0 Å². The number of nitrogens with zero attached hydrogens (tertiary/aromatic N) is 1. The first-order valence-corrected chi connectivity index (χ1v) is 3.55. The lowest BCUT2D eigenvalue weighted by Gasteiger charge is -1.96. The average molecular weight is 178 g/mol. The molecule has 0 fully saturated rings. The minimum Gasteiger partial charge on any atom is -0.478 e. The summed E-state index contributed by atoms with van der Waals surface area (Å²) in [4.78, 5) is 10.7. The molecule has 13 heavy (non-hydrogen) atoms. The number of hydrogen-bond acceptors (Lipinski definition) is 4. The number of carbonyl (C=O) groups is 1. The number of benzene rings is 1. The lowest BCUT2D eigenvalue weighted by Crippen LogP contribution is -1.98. The fourth-order valence-corrected chi connectivity index (χ4v) is 1.17. The average Bonchev–Trinajstić information content (AvgIpc) is 2.49. The monoisotopic (exact) mass is 178 g/mol. The van der Waals surface area contributed by atoms with Crippen LogP contribution >= 0.6 is 0 Å². The first-order valence-electron chi connectivity index (χ1n) is 3.55. The van der Waals surface area contributed by atoms with Crippen LogP contribution in [0.2, 0.25) is 0 Å². The number of nitrogen functional groups attached to an aromatic ring is 1. The van der Waals surface area contributed by atoms with Crippen molar-refractivity contribution in [1.82, 2.24) is 5.16 Å². The molecule has 1 aromatic heterocycles. The summed E-state index contributed by atoms with van der Waals surface area (Å²) in [6, 6.07) is 2.91. The SMILES string of the molecule is Nc1cc(C(=O)O)c2cnoc2c1. The standard InChI is InChI=1S/C8H6N2O3/c9-4-1-5(8(11)12)6-3-10-13-7(6)2-4/h1-3H,9H2,(H,11,12). The van der Waals surface area contributed by atoms with Crippen LogP contribution < -0.4 is 5.73 Å². The molecular formula is C8H6N2O3. The first-order chi connectivity index (χ1) is 6.18. The van der Waals surface area contributed by atoms with Gasteiger partial charge in [-0.05, 0) is 6.07 Å². The number of anilines is 1. The predicted octanol–water partition coefficient (Wildman–Crippen LogP) is 1.11. The highest BCUT2D eigenvalue weighted by atomic mass is 16.5. The van der Waals surface area contributed by atoms with Gasteiger partial charge in [-0.2, -0.15) is 0 Å². The summed E-state index contributed by atoms with van der Waals surface area (Å²) in [6.07, 6.45) is 1.36. The molecule has 3 N–H and O–H groups in total. The number of nitrogens with two attached hydrogens (primary N) is 1. The fraction of sp³-hybridized carbons (Fsp3) is 0. The van der Waals surface area contributed by atoms with Crippen molar-refractivity contribution in [2.75, 3.05) is 5.73 Å². The summed E-state index contributed by atoms with van der Waals surface area (Å²) >= 11 is 0. The molecule has 0 aliphatic carbocycles. The molecule has 0 atom stereocenters. The Morgan fingerprint density at radius 2 is 2.31 bits per heavy atom. The van der Waals surface area contributed by atoms with Gasteiger partial charge >= 0.3 is 5.97 Å². The van der Waals surface area contributed by atoms with Crippen molar-refractivity contribution in [2.24, 2.45) is 0 Å². The lowest BCUT2D eigenvalue weighted by molar-refractivity contribution is 0.0699. The summed E-state index contributed by atoms with van der Waals surface area (Å²) in [5.41, 5.74) is 6.31. The molecule has 0 radical (unpaired) electrons. The van der Waals surface area contributed by atoms with Crippen molar-refractivity contribution in [2.45, 2.75) is 0 Å². The summed E-state index contributed by atoms with van der Waals surface area (Å²) in [5.74, 6) is -1.04. The van der Waals surface area contributed by atoms with Gasteiger partial charge in [0.25, 0.3) is 0 Å². The van der Waals surface area contributed by atoms with Crippen LogP contribution in [0.1, 0.15) is 10.4 Å².